The number of fused-ring (bicyclic) bond motifs is 1. The first-order chi connectivity index (χ1) is 13.8. The summed E-state index contributed by atoms with van der Waals surface area (Å²) in [6.45, 7) is 8.22. The standard InChI is InChI=1S/C23H29N3O3/c1-17-23(2,3)18-9-6-7-10-19(18)25(17)15-8-4-5-11-20(27)24-14-16-26-21(28)12-13-22(26)29/h6-7,9-10,12-13H,4-5,8,11,14-16H2,1-3H3/p+1. The van der Waals surface area contributed by atoms with E-state index < -0.39 is 0 Å². The van der Waals surface area contributed by atoms with Gasteiger partial charge in [0.15, 0.2) is 5.71 Å². The monoisotopic (exact) mass is 396 g/mol. The van der Waals surface area contributed by atoms with E-state index in [4.69, 9.17) is 0 Å². The molecule has 6 heteroatoms. The molecular formula is C23H30N3O3+. The first kappa shape index (κ1) is 21.0. The molecule has 29 heavy (non-hydrogen) atoms. The van der Waals surface area contributed by atoms with Crippen molar-refractivity contribution in [3.63, 3.8) is 0 Å². The van der Waals surface area contributed by atoms with Crippen molar-refractivity contribution in [2.24, 2.45) is 0 Å². The highest BCUT2D eigenvalue weighted by molar-refractivity contribution is 6.12. The third kappa shape index (κ3) is 4.47. The lowest BCUT2D eigenvalue weighted by Crippen LogP contribution is -2.38. The highest BCUT2D eigenvalue weighted by atomic mass is 16.2. The molecular weight excluding hydrogens is 366 g/mol. The van der Waals surface area contributed by atoms with Crippen LogP contribution in [0.2, 0.25) is 0 Å². The molecule has 0 saturated carbocycles. The molecule has 0 aromatic heterocycles. The normalized spacial score (nSPS) is 17.3. The molecule has 3 amide bonds. The maximum atomic E-state index is 12.0. The van der Waals surface area contributed by atoms with Crippen LogP contribution in [0.5, 0.6) is 0 Å². The first-order valence-corrected chi connectivity index (χ1v) is 10.3. The second kappa shape index (κ2) is 8.72. The number of para-hydroxylation sites is 1. The van der Waals surface area contributed by atoms with Crippen molar-refractivity contribution in [1.82, 2.24) is 10.2 Å². The molecule has 0 saturated heterocycles. The summed E-state index contributed by atoms with van der Waals surface area (Å²) < 4.78 is 2.41. The average Bonchev–Trinajstić information content (AvgIpc) is 3.11. The number of amides is 3. The van der Waals surface area contributed by atoms with E-state index in [0.29, 0.717) is 13.0 Å². The summed E-state index contributed by atoms with van der Waals surface area (Å²) in [6.07, 6.45) is 5.80. The van der Waals surface area contributed by atoms with Crippen LogP contribution in [0.3, 0.4) is 0 Å². The highest BCUT2D eigenvalue weighted by Gasteiger charge is 2.42. The van der Waals surface area contributed by atoms with Crippen molar-refractivity contribution in [1.29, 1.82) is 0 Å². The van der Waals surface area contributed by atoms with Gasteiger partial charge in [-0.15, -0.1) is 0 Å². The lowest BCUT2D eigenvalue weighted by molar-refractivity contribution is -0.439. The van der Waals surface area contributed by atoms with Gasteiger partial charge in [0.25, 0.3) is 11.8 Å². The predicted octanol–water partition coefficient (Wildman–Crippen LogP) is 2.68. The highest BCUT2D eigenvalue weighted by Crippen LogP contribution is 2.39. The first-order valence-electron chi connectivity index (χ1n) is 10.3. The summed E-state index contributed by atoms with van der Waals surface area (Å²) in [5, 5.41) is 2.79. The number of unbranched alkanes of at least 4 members (excludes halogenated alkanes) is 2. The number of hydrogen-bond acceptors (Lipinski definition) is 3. The maximum absolute atomic E-state index is 12.0. The van der Waals surface area contributed by atoms with E-state index in [-0.39, 0.29) is 29.7 Å². The quantitative estimate of drug-likeness (QED) is 0.396. The Kier molecular flexibility index (Phi) is 6.30. The molecule has 0 bridgehead atoms. The lowest BCUT2D eigenvalue weighted by Gasteiger charge is -2.14. The van der Waals surface area contributed by atoms with Crippen LogP contribution in [0, 0.1) is 0 Å². The number of hydrogen-bond donors (Lipinski definition) is 1. The van der Waals surface area contributed by atoms with Crippen LogP contribution in [0.25, 0.3) is 0 Å². The van der Waals surface area contributed by atoms with Crippen LogP contribution < -0.4 is 5.32 Å². The van der Waals surface area contributed by atoms with E-state index in [1.54, 1.807) is 0 Å². The topological polar surface area (TPSA) is 69.5 Å². The van der Waals surface area contributed by atoms with Gasteiger partial charge in [-0.25, -0.2) is 0 Å². The summed E-state index contributed by atoms with van der Waals surface area (Å²) in [4.78, 5) is 36.0. The molecule has 0 fully saturated rings. The Morgan fingerprint density at radius 2 is 1.76 bits per heavy atom. The van der Waals surface area contributed by atoms with E-state index in [1.165, 1.54) is 29.1 Å². The zero-order chi connectivity index (χ0) is 21.0. The Hall–Kier alpha value is -2.76. The number of benzene rings is 1. The number of imide groups is 1. The molecule has 1 aromatic carbocycles. The van der Waals surface area contributed by atoms with Gasteiger partial charge in [-0.05, 0) is 26.7 Å². The van der Waals surface area contributed by atoms with Crippen molar-refractivity contribution in [3.05, 3.63) is 42.0 Å². The largest absolute Gasteiger partial charge is 0.354 e. The Bertz CT molecular complexity index is 865. The number of nitrogens with zero attached hydrogens (tertiary/aromatic N) is 2. The van der Waals surface area contributed by atoms with Gasteiger partial charge in [0.2, 0.25) is 11.6 Å². The molecule has 0 atom stereocenters. The fourth-order valence-corrected chi connectivity index (χ4v) is 4.02. The van der Waals surface area contributed by atoms with Gasteiger partial charge >= 0.3 is 0 Å². The van der Waals surface area contributed by atoms with E-state index >= 15 is 0 Å². The molecule has 0 unspecified atom stereocenters. The molecule has 2 aliphatic heterocycles. The van der Waals surface area contributed by atoms with Crippen molar-refractivity contribution in [2.75, 3.05) is 19.6 Å². The number of carbonyl (C=O) groups is 3. The molecule has 0 spiro atoms. The molecule has 0 aliphatic carbocycles. The predicted molar refractivity (Wildman–Crippen MR) is 112 cm³/mol. The van der Waals surface area contributed by atoms with Crippen LogP contribution >= 0.6 is 0 Å². The minimum absolute atomic E-state index is 0.0348. The molecule has 154 valence electrons. The van der Waals surface area contributed by atoms with Crippen LogP contribution in [0.1, 0.15) is 52.0 Å². The molecule has 2 aliphatic rings. The van der Waals surface area contributed by atoms with Crippen molar-refractivity contribution in [2.45, 2.75) is 51.9 Å². The van der Waals surface area contributed by atoms with Crippen LogP contribution in [0.15, 0.2) is 36.4 Å². The fourth-order valence-electron chi connectivity index (χ4n) is 4.02. The zero-order valence-electron chi connectivity index (χ0n) is 17.5. The van der Waals surface area contributed by atoms with Gasteiger partial charge in [0.05, 0.1) is 5.41 Å². The van der Waals surface area contributed by atoms with E-state index in [0.717, 1.165) is 30.7 Å². The van der Waals surface area contributed by atoms with E-state index in [9.17, 15) is 14.4 Å². The Balaban J connectivity index is 1.36. The smallest absolute Gasteiger partial charge is 0.253 e. The summed E-state index contributed by atoms with van der Waals surface area (Å²) in [7, 11) is 0. The number of nitrogens with one attached hydrogen (secondary N) is 1. The molecule has 0 radical (unpaired) electrons. The van der Waals surface area contributed by atoms with Gasteiger partial charge in [-0.2, -0.15) is 4.58 Å². The fraction of sp³-hybridized carbons (Fsp3) is 0.478. The molecule has 1 N–H and O–H groups in total. The van der Waals surface area contributed by atoms with Gasteiger partial charge in [-0.1, -0.05) is 18.2 Å². The second-order valence-electron chi connectivity index (χ2n) is 8.20. The Labute approximate surface area is 172 Å². The van der Waals surface area contributed by atoms with Gasteiger partial charge in [0.1, 0.15) is 6.54 Å². The SMILES string of the molecule is CC1=[N+](CCCCCC(=O)NCCN2C(=O)C=CC2=O)c2ccccc2C1(C)C. The minimum atomic E-state index is -0.317. The minimum Gasteiger partial charge on any atom is -0.354 e. The zero-order valence-corrected chi connectivity index (χ0v) is 17.5. The third-order valence-corrected chi connectivity index (χ3v) is 6.02. The van der Waals surface area contributed by atoms with Gasteiger partial charge in [0, 0.05) is 56.6 Å². The molecule has 3 rings (SSSR count). The van der Waals surface area contributed by atoms with Crippen LogP contribution in [-0.4, -0.2) is 52.5 Å². The molecule has 6 nitrogen and oxygen atoms in total. The van der Waals surface area contributed by atoms with Crippen molar-refractivity contribution < 1.29 is 19.0 Å². The summed E-state index contributed by atoms with van der Waals surface area (Å²) in [6, 6.07) is 8.58. The summed E-state index contributed by atoms with van der Waals surface area (Å²) >= 11 is 0. The van der Waals surface area contributed by atoms with Crippen molar-refractivity contribution in [3.8, 4) is 0 Å². The van der Waals surface area contributed by atoms with Crippen LogP contribution in [0.4, 0.5) is 5.69 Å². The lowest BCUT2D eigenvalue weighted by atomic mass is 9.82. The van der Waals surface area contributed by atoms with Crippen LogP contribution in [-0.2, 0) is 19.8 Å². The van der Waals surface area contributed by atoms with E-state index in [2.05, 4.69) is 54.9 Å². The molecule has 2 heterocycles. The summed E-state index contributed by atoms with van der Waals surface area (Å²) in [5.41, 5.74) is 4.11. The third-order valence-electron chi connectivity index (χ3n) is 6.02. The van der Waals surface area contributed by atoms with Crippen molar-refractivity contribution >= 4 is 29.1 Å². The Morgan fingerprint density at radius 3 is 2.48 bits per heavy atom. The van der Waals surface area contributed by atoms with Gasteiger partial charge in [-0.3, -0.25) is 19.3 Å². The van der Waals surface area contributed by atoms with E-state index in [1.807, 2.05) is 0 Å². The Morgan fingerprint density at radius 1 is 1.07 bits per heavy atom. The number of carbonyl (C=O) groups excluding carboxylic acids is 3. The second-order valence-corrected chi connectivity index (χ2v) is 8.20. The van der Waals surface area contributed by atoms with Gasteiger partial charge < -0.3 is 5.32 Å². The summed E-state index contributed by atoms with van der Waals surface area (Å²) in [5.74, 6) is -0.668. The average molecular weight is 397 g/mol. The molecule has 1 aromatic rings. The number of rotatable bonds is 9. The maximum Gasteiger partial charge on any atom is 0.253 e.